The Morgan fingerprint density at radius 2 is 1.88 bits per heavy atom. The second kappa shape index (κ2) is 8.74. The van der Waals surface area contributed by atoms with Gasteiger partial charge in [-0.2, -0.15) is 4.99 Å². The van der Waals surface area contributed by atoms with Crippen molar-refractivity contribution in [1.29, 1.82) is 0 Å². The van der Waals surface area contributed by atoms with E-state index < -0.39 is 11.5 Å². The highest BCUT2D eigenvalue weighted by Crippen LogP contribution is 2.43. The molecule has 0 saturated carbocycles. The molecular weight excluding hydrogens is 410 g/mol. The zero-order valence-electron chi connectivity index (χ0n) is 18.8. The molecule has 3 rings (SSSR count). The molecule has 0 unspecified atom stereocenters. The highest BCUT2D eigenvalue weighted by molar-refractivity contribution is 6.06. The van der Waals surface area contributed by atoms with Crippen LogP contribution >= 0.6 is 0 Å². The van der Waals surface area contributed by atoms with Crippen molar-refractivity contribution in [3.05, 3.63) is 64.9 Å². The summed E-state index contributed by atoms with van der Waals surface area (Å²) in [6.45, 7) is 5.33. The molecular formula is C24H29N3O5. The van der Waals surface area contributed by atoms with Gasteiger partial charge in [0.05, 0.1) is 5.76 Å². The molecule has 0 saturated heterocycles. The van der Waals surface area contributed by atoms with Crippen molar-refractivity contribution in [2.45, 2.75) is 32.8 Å². The third kappa shape index (κ3) is 5.26. The van der Waals surface area contributed by atoms with Gasteiger partial charge in [-0.05, 0) is 57.2 Å². The maximum Gasteiger partial charge on any atom is 0.279 e. The summed E-state index contributed by atoms with van der Waals surface area (Å²) >= 11 is 0. The van der Waals surface area contributed by atoms with E-state index in [1.54, 1.807) is 50.5 Å². The molecule has 2 amide bonds. The lowest BCUT2D eigenvalue weighted by atomic mass is 9.99. The second-order valence-corrected chi connectivity index (χ2v) is 8.44. The SMILES string of the molecule is C/C(O)=C/C(N)=NC(=O)c1cc(Oc2ccc(C(=O)N(C)C)cc2)c2c(c1)OC(C)(C)C2.[HH]. The van der Waals surface area contributed by atoms with Gasteiger partial charge in [0.25, 0.3) is 11.8 Å². The molecule has 0 atom stereocenters. The summed E-state index contributed by atoms with van der Waals surface area (Å²) < 4.78 is 12.1. The van der Waals surface area contributed by atoms with Crippen LogP contribution in [-0.4, -0.2) is 47.4 Å². The number of aliphatic imine (C=N–C) groups is 1. The van der Waals surface area contributed by atoms with Gasteiger partial charge in [0, 0.05) is 44.7 Å². The number of amidine groups is 1. The van der Waals surface area contributed by atoms with Gasteiger partial charge in [-0.3, -0.25) is 9.59 Å². The highest BCUT2D eigenvalue weighted by atomic mass is 16.5. The standard InChI is InChI=1S/C24H27N3O5.H2/c1-14(28)10-21(25)26-22(29)16-11-19(18-13-24(2,3)32-20(18)12-16)31-17-8-6-15(7-9-17)23(30)27(4)5;/h6-12,28H,13H2,1-5H3,(H2,25,26,29);1H/b14-10-;. The number of aliphatic hydroxyl groups is 1. The number of benzene rings is 2. The minimum absolute atomic E-state index is 0. The molecule has 32 heavy (non-hydrogen) atoms. The summed E-state index contributed by atoms with van der Waals surface area (Å²) in [6, 6.07) is 9.97. The van der Waals surface area contributed by atoms with Crippen LogP contribution in [0.1, 0.15) is 48.5 Å². The van der Waals surface area contributed by atoms with Gasteiger partial charge >= 0.3 is 0 Å². The first-order chi connectivity index (χ1) is 14.9. The number of carbonyl (C=O) groups excluding carboxylic acids is 2. The Morgan fingerprint density at radius 3 is 2.47 bits per heavy atom. The number of rotatable bonds is 5. The molecule has 1 aliphatic rings. The van der Waals surface area contributed by atoms with Gasteiger partial charge in [0.15, 0.2) is 0 Å². The molecule has 1 heterocycles. The zero-order valence-corrected chi connectivity index (χ0v) is 18.8. The number of hydrogen-bond acceptors (Lipinski definition) is 5. The van der Waals surface area contributed by atoms with E-state index >= 15 is 0 Å². The Hall–Kier alpha value is -3.81. The van der Waals surface area contributed by atoms with Crippen LogP contribution in [0.5, 0.6) is 17.2 Å². The first-order valence-electron chi connectivity index (χ1n) is 10.1. The van der Waals surface area contributed by atoms with Gasteiger partial charge in [0.1, 0.15) is 28.7 Å². The summed E-state index contributed by atoms with van der Waals surface area (Å²) in [5.41, 5.74) is 6.85. The third-order valence-electron chi connectivity index (χ3n) is 4.73. The van der Waals surface area contributed by atoms with Crippen molar-refractivity contribution in [1.82, 2.24) is 4.90 Å². The topological polar surface area (TPSA) is 114 Å². The molecule has 8 heteroatoms. The van der Waals surface area contributed by atoms with Crippen molar-refractivity contribution in [2.24, 2.45) is 10.7 Å². The van der Waals surface area contributed by atoms with Gasteiger partial charge < -0.3 is 25.2 Å². The van der Waals surface area contributed by atoms with Crippen LogP contribution < -0.4 is 15.2 Å². The average Bonchev–Trinajstić information content (AvgIpc) is 3.01. The number of aliphatic hydroxyl groups excluding tert-OH is 1. The van der Waals surface area contributed by atoms with E-state index in [-0.39, 0.29) is 24.5 Å². The van der Waals surface area contributed by atoms with Crippen LogP contribution in [-0.2, 0) is 6.42 Å². The van der Waals surface area contributed by atoms with E-state index in [0.29, 0.717) is 29.2 Å². The molecule has 0 aromatic heterocycles. The lowest BCUT2D eigenvalue weighted by Gasteiger charge is -2.16. The largest absolute Gasteiger partial charge is 0.512 e. The van der Waals surface area contributed by atoms with E-state index in [1.807, 2.05) is 13.8 Å². The number of allylic oxidation sites excluding steroid dienone is 1. The molecule has 0 fully saturated rings. The highest BCUT2D eigenvalue weighted by Gasteiger charge is 2.34. The maximum absolute atomic E-state index is 12.7. The van der Waals surface area contributed by atoms with Crippen molar-refractivity contribution in [3.8, 4) is 17.2 Å². The molecule has 3 N–H and O–H groups in total. The molecule has 2 aromatic rings. The van der Waals surface area contributed by atoms with Crippen molar-refractivity contribution in [3.63, 3.8) is 0 Å². The summed E-state index contributed by atoms with van der Waals surface area (Å²) in [4.78, 5) is 30.1. The number of hydrogen-bond donors (Lipinski definition) is 2. The normalized spacial score (nSPS) is 15.0. The zero-order chi connectivity index (χ0) is 23.6. The van der Waals surface area contributed by atoms with Crippen molar-refractivity contribution >= 4 is 17.6 Å². The molecule has 8 nitrogen and oxygen atoms in total. The Morgan fingerprint density at radius 1 is 1.22 bits per heavy atom. The molecule has 1 aliphatic heterocycles. The maximum atomic E-state index is 12.7. The summed E-state index contributed by atoms with van der Waals surface area (Å²) in [6.07, 6.45) is 1.79. The fourth-order valence-electron chi connectivity index (χ4n) is 3.34. The number of nitrogens with two attached hydrogens (primary N) is 1. The van der Waals surface area contributed by atoms with E-state index in [0.717, 1.165) is 5.56 Å². The lowest BCUT2D eigenvalue weighted by molar-refractivity contribution is 0.0827. The number of amides is 2. The summed E-state index contributed by atoms with van der Waals surface area (Å²) in [5, 5.41) is 9.31. The van der Waals surface area contributed by atoms with Crippen molar-refractivity contribution < 1.29 is 25.6 Å². The number of carbonyl (C=O) groups is 2. The predicted molar refractivity (Wildman–Crippen MR) is 124 cm³/mol. The monoisotopic (exact) mass is 439 g/mol. The van der Waals surface area contributed by atoms with Crippen LogP contribution in [0, 0.1) is 0 Å². The van der Waals surface area contributed by atoms with E-state index in [9.17, 15) is 14.7 Å². The fourth-order valence-corrected chi connectivity index (χ4v) is 3.34. The van der Waals surface area contributed by atoms with E-state index in [2.05, 4.69) is 4.99 Å². The predicted octanol–water partition coefficient (Wildman–Crippen LogP) is 4.10. The Labute approximate surface area is 188 Å². The first-order valence-corrected chi connectivity index (χ1v) is 10.1. The third-order valence-corrected chi connectivity index (χ3v) is 4.73. The summed E-state index contributed by atoms with van der Waals surface area (Å²) in [7, 11) is 3.38. The number of nitrogens with zero attached hydrogens (tertiary/aromatic N) is 2. The molecule has 170 valence electrons. The van der Waals surface area contributed by atoms with Crippen molar-refractivity contribution in [2.75, 3.05) is 14.1 Å². The van der Waals surface area contributed by atoms with Crippen LogP contribution in [0.4, 0.5) is 0 Å². The van der Waals surface area contributed by atoms with Crippen LogP contribution in [0.25, 0.3) is 0 Å². The Bertz CT molecular complexity index is 1120. The summed E-state index contributed by atoms with van der Waals surface area (Å²) in [5.74, 6) is 0.650. The molecule has 0 bridgehead atoms. The Balaban J connectivity index is 0.00000385. The molecule has 0 spiro atoms. The first kappa shape index (κ1) is 22.9. The fraction of sp³-hybridized carbons (Fsp3) is 0.292. The number of ether oxygens (including phenoxy) is 2. The number of fused-ring (bicyclic) bond motifs is 1. The second-order valence-electron chi connectivity index (χ2n) is 8.44. The molecule has 2 aromatic carbocycles. The average molecular weight is 440 g/mol. The van der Waals surface area contributed by atoms with Crippen LogP contribution in [0.2, 0.25) is 0 Å². The van der Waals surface area contributed by atoms with Gasteiger partial charge in [-0.15, -0.1) is 0 Å². The van der Waals surface area contributed by atoms with Gasteiger partial charge in [-0.1, -0.05) is 0 Å². The smallest absolute Gasteiger partial charge is 0.279 e. The van der Waals surface area contributed by atoms with E-state index in [1.165, 1.54) is 17.9 Å². The minimum atomic E-state index is -0.590. The quantitative estimate of drug-likeness (QED) is 0.412. The van der Waals surface area contributed by atoms with Gasteiger partial charge in [0.2, 0.25) is 0 Å². The molecule has 0 radical (unpaired) electrons. The van der Waals surface area contributed by atoms with Crippen LogP contribution in [0.3, 0.4) is 0 Å². The molecule has 0 aliphatic carbocycles. The van der Waals surface area contributed by atoms with E-state index in [4.69, 9.17) is 15.2 Å². The van der Waals surface area contributed by atoms with Gasteiger partial charge in [-0.25, -0.2) is 0 Å². The lowest BCUT2D eigenvalue weighted by Crippen LogP contribution is -2.24. The Kier molecular flexibility index (Phi) is 6.25. The minimum Gasteiger partial charge on any atom is -0.512 e. The van der Waals surface area contributed by atoms with Crippen LogP contribution in [0.15, 0.2) is 53.2 Å².